The zero-order chi connectivity index (χ0) is 24.4. The fourth-order valence-corrected chi connectivity index (χ4v) is 4.89. The van der Waals surface area contributed by atoms with Gasteiger partial charge in [0.1, 0.15) is 11.6 Å². The highest BCUT2D eigenvalue weighted by Crippen LogP contribution is 2.35. The van der Waals surface area contributed by atoms with Crippen LogP contribution in [-0.4, -0.2) is 52.6 Å². The molecule has 1 saturated heterocycles. The number of rotatable bonds is 8. The normalized spacial score (nSPS) is 15.8. The molecule has 0 aliphatic carbocycles. The number of hydrogen-bond acceptors (Lipinski definition) is 6. The van der Waals surface area contributed by atoms with Gasteiger partial charge in [-0.25, -0.2) is 9.50 Å². The third-order valence-electron chi connectivity index (χ3n) is 6.67. The summed E-state index contributed by atoms with van der Waals surface area (Å²) in [6, 6.07) is 18.6. The van der Waals surface area contributed by atoms with E-state index >= 15 is 0 Å². The van der Waals surface area contributed by atoms with E-state index in [1.165, 1.54) is 5.56 Å². The lowest BCUT2D eigenvalue weighted by Gasteiger charge is -2.25. The van der Waals surface area contributed by atoms with E-state index in [4.69, 9.17) is 19.6 Å². The van der Waals surface area contributed by atoms with Gasteiger partial charge in [0.25, 0.3) is 0 Å². The van der Waals surface area contributed by atoms with Crippen LogP contribution in [0.5, 0.6) is 5.75 Å². The average molecular weight is 473 g/mol. The summed E-state index contributed by atoms with van der Waals surface area (Å²) in [7, 11) is 1.67. The number of nitrogens with zero attached hydrogens (tertiary/aromatic N) is 4. The third kappa shape index (κ3) is 4.49. The molecule has 35 heavy (non-hydrogen) atoms. The lowest BCUT2D eigenvalue weighted by atomic mass is 10.1. The van der Waals surface area contributed by atoms with Gasteiger partial charge in [-0.1, -0.05) is 35.9 Å². The van der Waals surface area contributed by atoms with Gasteiger partial charge in [-0.15, -0.1) is 0 Å². The number of anilines is 1. The van der Waals surface area contributed by atoms with Gasteiger partial charge in [0.05, 0.1) is 43.3 Å². The summed E-state index contributed by atoms with van der Waals surface area (Å²) in [6.45, 7) is 6.07. The second-order valence-electron chi connectivity index (χ2n) is 8.96. The molecule has 7 heteroatoms. The molecule has 2 aromatic heterocycles. The lowest BCUT2D eigenvalue weighted by Crippen LogP contribution is -2.32. The summed E-state index contributed by atoms with van der Waals surface area (Å²) in [4.78, 5) is 7.37. The first-order chi connectivity index (χ1) is 17.1. The molecular formula is C28H32N4O3. The number of aliphatic hydroxyl groups excluding tert-OH is 1. The van der Waals surface area contributed by atoms with Gasteiger partial charge in [0, 0.05) is 24.8 Å². The monoisotopic (exact) mass is 472 g/mol. The van der Waals surface area contributed by atoms with Crippen LogP contribution in [0.2, 0.25) is 0 Å². The van der Waals surface area contributed by atoms with Gasteiger partial charge in [0.15, 0.2) is 5.65 Å². The first kappa shape index (κ1) is 23.3. The molecule has 1 aliphatic heterocycles. The van der Waals surface area contributed by atoms with Crippen molar-refractivity contribution in [2.24, 2.45) is 0 Å². The first-order valence-electron chi connectivity index (χ1n) is 12.2. The van der Waals surface area contributed by atoms with E-state index in [0.717, 1.165) is 64.7 Å². The number of aryl methyl sites for hydroxylation is 1. The molecule has 1 N–H and O–H groups in total. The van der Waals surface area contributed by atoms with Crippen LogP contribution in [0.3, 0.4) is 0 Å². The Kier molecular flexibility index (Phi) is 6.70. The zero-order valence-corrected chi connectivity index (χ0v) is 20.6. The Labute approximate surface area is 205 Å². The second kappa shape index (κ2) is 10.1. The van der Waals surface area contributed by atoms with Crippen LogP contribution in [-0.2, 0) is 11.3 Å². The van der Waals surface area contributed by atoms with E-state index in [-0.39, 0.29) is 12.6 Å². The molecule has 7 nitrogen and oxygen atoms in total. The first-order valence-corrected chi connectivity index (χ1v) is 12.2. The zero-order valence-electron chi connectivity index (χ0n) is 20.6. The van der Waals surface area contributed by atoms with Crippen LogP contribution in [0, 0.1) is 6.92 Å². The van der Waals surface area contributed by atoms with Crippen LogP contribution in [0.4, 0.5) is 5.82 Å². The lowest BCUT2D eigenvalue weighted by molar-refractivity contribution is 0.131. The van der Waals surface area contributed by atoms with E-state index in [0.29, 0.717) is 13.2 Å². The molecule has 0 unspecified atom stereocenters. The summed E-state index contributed by atoms with van der Waals surface area (Å²) in [5.74, 6) is 1.66. The summed E-state index contributed by atoms with van der Waals surface area (Å²) < 4.78 is 13.1. The number of aliphatic hydroxyl groups is 1. The highest BCUT2D eigenvalue weighted by Gasteiger charge is 2.28. The standard InChI is InChI=1S/C28H32N4O3/c1-4-35-18-24-27(20-10-12-23(34-3)13-11-20)28-29-26(31-14-6-9-22(31)17-33)16-25(32(28)30-24)21-8-5-7-19(2)15-21/h5,7-8,10-13,15-16,22,33H,4,6,9,14,17-18H2,1-3H3/t22-/m0/s1. The summed E-state index contributed by atoms with van der Waals surface area (Å²) in [5, 5.41) is 15.0. The molecule has 4 aromatic rings. The molecule has 1 fully saturated rings. The number of aromatic nitrogens is 3. The van der Waals surface area contributed by atoms with Crippen LogP contribution in [0.1, 0.15) is 31.0 Å². The van der Waals surface area contributed by atoms with Crippen LogP contribution in [0.15, 0.2) is 54.6 Å². The minimum absolute atomic E-state index is 0.0746. The molecule has 0 bridgehead atoms. The van der Waals surface area contributed by atoms with Crippen molar-refractivity contribution >= 4 is 11.5 Å². The molecule has 1 atom stereocenters. The fourth-order valence-electron chi connectivity index (χ4n) is 4.89. The molecule has 1 aliphatic rings. The average Bonchev–Trinajstić information content (AvgIpc) is 3.51. The number of fused-ring (bicyclic) bond motifs is 1. The second-order valence-corrected chi connectivity index (χ2v) is 8.96. The maximum absolute atomic E-state index is 10.0. The SMILES string of the molecule is CCOCc1nn2c(-c3cccc(C)c3)cc(N3CCC[C@H]3CO)nc2c1-c1ccc(OC)cc1. The molecule has 0 spiro atoms. The maximum atomic E-state index is 10.0. The summed E-state index contributed by atoms with van der Waals surface area (Å²) in [6.07, 6.45) is 2.00. The Hall–Kier alpha value is -3.42. The minimum Gasteiger partial charge on any atom is -0.497 e. The summed E-state index contributed by atoms with van der Waals surface area (Å²) >= 11 is 0. The predicted octanol–water partition coefficient (Wildman–Crippen LogP) is 4.88. The van der Waals surface area contributed by atoms with Gasteiger partial charge < -0.3 is 19.5 Å². The molecule has 0 saturated carbocycles. The van der Waals surface area contributed by atoms with Gasteiger partial charge in [0.2, 0.25) is 0 Å². The summed E-state index contributed by atoms with van der Waals surface area (Å²) in [5.41, 5.74) is 6.81. The Bertz CT molecular complexity index is 1320. The van der Waals surface area contributed by atoms with E-state index in [9.17, 15) is 5.11 Å². The number of hydrogen-bond donors (Lipinski definition) is 1. The highest BCUT2D eigenvalue weighted by molar-refractivity contribution is 5.83. The van der Waals surface area contributed by atoms with E-state index in [2.05, 4.69) is 42.2 Å². The van der Waals surface area contributed by atoms with Crippen molar-refractivity contribution in [2.75, 3.05) is 31.8 Å². The van der Waals surface area contributed by atoms with Crippen molar-refractivity contribution in [1.29, 1.82) is 0 Å². The topological polar surface area (TPSA) is 72.1 Å². The van der Waals surface area contributed by atoms with Gasteiger partial charge in [-0.2, -0.15) is 5.10 Å². The Morgan fingerprint density at radius 2 is 1.91 bits per heavy atom. The Morgan fingerprint density at radius 1 is 1.09 bits per heavy atom. The number of ether oxygens (including phenoxy) is 2. The maximum Gasteiger partial charge on any atom is 0.166 e. The molecule has 3 heterocycles. The largest absolute Gasteiger partial charge is 0.497 e. The van der Waals surface area contributed by atoms with Crippen LogP contribution in [0.25, 0.3) is 28.0 Å². The van der Waals surface area contributed by atoms with Crippen molar-refractivity contribution in [2.45, 2.75) is 39.3 Å². The smallest absolute Gasteiger partial charge is 0.166 e. The Balaban J connectivity index is 1.78. The molecular weight excluding hydrogens is 440 g/mol. The van der Waals surface area contributed by atoms with Gasteiger partial charge in [-0.3, -0.25) is 0 Å². The van der Waals surface area contributed by atoms with Crippen molar-refractivity contribution in [3.63, 3.8) is 0 Å². The van der Waals surface area contributed by atoms with Crippen molar-refractivity contribution in [3.05, 3.63) is 65.9 Å². The van der Waals surface area contributed by atoms with Gasteiger partial charge in [-0.05, 0) is 50.5 Å². The molecule has 182 valence electrons. The molecule has 0 radical (unpaired) electrons. The van der Waals surface area contributed by atoms with Crippen LogP contribution >= 0.6 is 0 Å². The highest BCUT2D eigenvalue weighted by atomic mass is 16.5. The predicted molar refractivity (Wildman–Crippen MR) is 138 cm³/mol. The van der Waals surface area contributed by atoms with Crippen molar-refractivity contribution in [1.82, 2.24) is 14.6 Å². The number of methoxy groups -OCH3 is 1. The van der Waals surface area contributed by atoms with Crippen molar-refractivity contribution in [3.8, 4) is 28.1 Å². The van der Waals surface area contributed by atoms with E-state index in [1.807, 2.05) is 35.7 Å². The fraction of sp³-hybridized carbons (Fsp3) is 0.357. The minimum atomic E-state index is 0.0746. The van der Waals surface area contributed by atoms with Crippen LogP contribution < -0.4 is 9.64 Å². The van der Waals surface area contributed by atoms with E-state index < -0.39 is 0 Å². The quantitative estimate of drug-likeness (QED) is 0.394. The molecule has 2 aromatic carbocycles. The number of benzene rings is 2. The molecule has 0 amide bonds. The molecule has 5 rings (SSSR count). The third-order valence-corrected chi connectivity index (χ3v) is 6.67. The van der Waals surface area contributed by atoms with Crippen molar-refractivity contribution < 1.29 is 14.6 Å². The van der Waals surface area contributed by atoms with Gasteiger partial charge >= 0.3 is 0 Å². The Morgan fingerprint density at radius 3 is 2.63 bits per heavy atom. The van der Waals surface area contributed by atoms with E-state index in [1.54, 1.807) is 7.11 Å².